The number of methoxy groups -OCH3 is 1. The van der Waals surface area contributed by atoms with Crippen molar-refractivity contribution < 1.29 is 9.53 Å². The second-order valence-electron chi connectivity index (χ2n) is 3.99. The van der Waals surface area contributed by atoms with Gasteiger partial charge in [-0.05, 0) is 19.9 Å². The van der Waals surface area contributed by atoms with Crippen molar-refractivity contribution in [1.29, 1.82) is 0 Å². The number of likely N-dealkylation sites (N-methyl/N-ethyl adjacent to an activating group) is 1. The van der Waals surface area contributed by atoms with Crippen molar-refractivity contribution in [2.45, 2.75) is 20.8 Å². The number of nitrogens with zero attached hydrogens (tertiary/aromatic N) is 1. The molecule has 0 radical (unpaired) electrons. The molecule has 0 aliphatic carbocycles. The molecule has 0 N–H and O–H groups in total. The van der Waals surface area contributed by atoms with E-state index in [-0.39, 0.29) is 5.97 Å². The van der Waals surface area contributed by atoms with E-state index in [9.17, 15) is 4.79 Å². The molecular formula is C11H21NO2. The fourth-order valence-corrected chi connectivity index (χ4v) is 1.23. The standard InChI is InChI=1S/C11H21NO2/c1-9(2)8-12(4)7-6-10(3)11(13)14-5/h6,9H,7-8H2,1-5H3. The SMILES string of the molecule is COC(=O)C(C)=CCN(C)CC(C)C. The maximum Gasteiger partial charge on any atom is 0.333 e. The van der Waals surface area contributed by atoms with E-state index in [0.29, 0.717) is 11.5 Å². The summed E-state index contributed by atoms with van der Waals surface area (Å²) >= 11 is 0. The Morgan fingerprint density at radius 1 is 1.50 bits per heavy atom. The third-order valence-electron chi connectivity index (χ3n) is 1.89. The van der Waals surface area contributed by atoms with Crippen molar-refractivity contribution >= 4 is 5.97 Å². The van der Waals surface area contributed by atoms with Gasteiger partial charge in [-0.1, -0.05) is 19.9 Å². The van der Waals surface area contributed by atoms with Crippen LogP contribution in [0.5, 0.6) is 0 Å². The molecule has 0 aromatic rings. The zero-order valence-electron chi connectivity index (χ0n) is 9.83. The highest BCUT2D eigenvalue weighted by atomic mass is 16.5. The Hall–Kier alpha value is -0.830. The van der Waals surface area contributed by atoms with E-state index in [4.69, 9.17) is 0 Å². The van der Waals surface area contributed by atoms with Gasteiger partial charge in [0.05, 0.1) is 7.11 Å². The molecule has 0 aliphatic heterocycles. The summed E-state index contributed by atoms with van der Waals surface area (Å²) in [7, 11) is 3.44. The summed E-state index contributed by atoms with van der Waals surface area (Å²) in [5.41, 5.74) is 0.670. The van der Waals surface area contributed by atoms with Crippen LogP contribution in [0.15, 0.2) is 11.6 Å². The predicted molar refractivity (Wildman–Crippen MR) is 58.1 cm³/mol. The molecule has 0 saturated heterocycles. The summed E-state index contributed by atoms with van der Waals surface area (Å²) in [6.45, 7) is 7.94. The summed E-state index contributed by atoms with van der Waals surface area (Å²) in [6.07, 6.45) is 1.90. The quantitative estimate of drug-likeness (QED) is 0.498. The lowest BCUT2D eigenvalue weighted by molar-refractivity contribution is -0.136. The minimum absolute atomic E-state index is 0.247. The molecule has 0 heterocycles. The first-order chi connectivity index (χ1) is 6.47. The molecule has 0 bridgehead atoms. The van der Waals surface area contributed by atoms with Crippen molar-refractivity contribution in [3.05, 3.63) is 11.6 Å². The van der Waals surface area contributed by atoms with Crippen molar-refractivity contribution in [2.75, 3.05) is 27.2 Å². The maximum atomic E-state index is 11.0. The van der Waals surface area contributed by atoms with Crippen LogP contribution in [0.1, 0.15) is 20.8 Å². The van der Waals surface area contributed by atoms with Crippen LogP contribution in [-0.4, -0.2) is 38.1 Å². The third kappa shape index (κ3) is 5.75. The van der Waals surface area contributed by atoms with E-state index < -0.39 is 0 Å². The lowest BCUT2D eigenvalue weighted by Crippen LogP contribution is -2.23. The Morgan fingerprint density at radius 3 is 2.50 bits per heavy atom. The minimum Gasteiger partial charge on any atom is -0.466 e. The maximum absolute atomic E-state index is 11.0. The van der Waals surface area contributed by atoms with Crippen molar-refractivity contribution in [1.82, 2.24) is 4.90 Å². The normalized spacial score (nSPS) is 12.4. The fourth-order valence-electron chi connectivity index (χ4n) is 1.23. The summed E-state index contributed by atoms with van der Waals surface area (Å²) in [5.74, 6) is 0.398. The Labute approximate surface area is 86.7 Å². The highest BCUT2D eigenvalue weighted by Crippen LogP contribution is 1.99. The van der Waals surface area contributed by atoms with Gasteiger partial charge in [-0.3, -0.25) is 0 Å². The molecule has 0 saturated carbocycles. The number of hydrogen-bond acceptors (Lipinski definition) is 3. The summed E-state index contributed by atoms with van der Waals surface area (Å²) < 4.78 is 4.60. The number of hydrogen-bond donors (Lipinski definition) is 0. The van der Waals surface area contributed by atoms with Crippen LogP contribution in [0.4, 0.5) is 0 Å². The third-order valence-corrected chi connectivity index (χ3v) is 1.89. The van der Waals surface area contributed by atoms with Crippen molar-refractivity contribution in [3.8, 4) is 0 Å². The molecule has 0 aliphatic rings. The molecule has 0 amide bonds. The molecule has 3 heteroatoms. The monoisotopic (exact) mass is 199 g/mol. The summed E-state index contributed by atoms with van der Waals surface area (Å²) in [6, 6.07) is 0. The zero-order valence-corrected chi connectivity index (χ0v) is 9.83. The highest BCUT2D eigenvalue weighted by Gasteiger charge is 2.04. The van der Waals surface area contributed by atoms with Gasteiger partial charge in [0.15, 0.2) is 0 Å². The van der Waals surface area contributed by atoms with E-state index in [1.807, 2.05) is 13.1 Å². The molecule has 3 nitrogen and oxygen atoms in total. The number of carbonyl (C=O) groups excluding carboxylic acids is 1. The van der Waals surface area contributed by atoms with E-state index in [1.165, 1.54) is 7.11 Å². The van der Waals surface area contributed by atoms with Gasteiger partial charge in [-0.15, -0.1) is 0 Å². The van der Waals surface area contributed by atoms with Crippen LogP contribution in [-0.2, 0) is 9.53 Å². The van der Waals surface area contributed by atoms with Crippen LogP contribution in [0, 0.1) is 5.92 Å². The Kier molecular flexibility index (Phi) is 6.21. The molecule has 0 atom stereocenters. The molecule has 0 aromatic heterocycles. The summed E-state index contributed by atoms with van der Waals surface area (Å²) in [4.78, 5) is 13.2. The predicted octanol–water partition coefficient (Wildman–Crippen LogP) is 1.69. The number of ether oxygens (including phenoxy) is 1. The first kappa shape index (κ1) is 13.2. The molecule has 0 unspecified atom stereocenters. The Bertz CT molecular complexity index is 209. The van der Waals surface area contributed by atoms with Gasteiger partial charge in [-0.2, -0.15) is 0 Å². The van der Waals surface area contributed by atoms with Crippen LogP contribution in [0.25, 0.3) is 0 Å². The molecule has 14 heavy (non-hydrogen) atoms. The van der Waals surface area contributed by atoms with Gasteiger partial charge in [0, 0.05) is 18.7 Å². The second kappa shape index (κ2) is 6.60. The average molecular weight is 199 g/mol. The molecule has 0 spiro atoms. The van der Waals surface area contributed by atoms with Gasteiger partial charge in [0.25, 0.3) is 0 Å². The molecule has 0 rings (SSSR count). The lowest BCUT2D eigenvalue weighted by Gasteiger charge is -2.16. The van der Waals surface area contributed by atoms with Gasteiger partial charge >= 0.3 is 5.97 Å². The highest BCUT2D eigenvalue weighted by molar-refractivity contribution is 5.87. The van der Waals surface area contributed by atoms with Crippen molar-refractivity contribution in [3.63, 3.8) is 0 Å². The van der Waals surface area contributed by atoms with Gasteiger partial charge in [0.1, 0.15) is 0 Å². The fraction of sp³-hybridized carbons (Fsp3) is 0.727. The number of rotatable bonds is 5. The van der Waals surface area contributed by atoms with E-state index in [0.717, 1.165) is 13.1 Å². The average Bonchev–Trinajstić information content (AvgIpc) is 2.11. The first-order valence-electron chi connectivity index (χ1n) is 4.91. The topological polar surface area (TPSA) is 29.5 Å². The van der Waals surface area contributed by atoms with Gasteiger partial charge in [0.2, 0.25) is 0 Å². The van der Waals surface area contributed by atoms with Crippen LogP contribution in [0.2, 0.25) is 0 Å². The second-order valence-corrected chi connectivity index (χ2v) is 3.99. The van der Waals surface area contributed by atoms with E-state index >= 15 is 0 Å². The first-order valence-corrected chi connectivity index (χ1v) is 4.91. The van der Waals surface area contributed by atoms with Crippen LogP contribution in [0.3, 0.4) is 0 Å². The lowest BCUT2D eigenvalue weighted by atomic mass is 10.2. The zero-order chi connectivity index (χ0) is 11.1. The Morgan fingerprint density at radius 2 is 2.07 bits per heavy atom. The molecule has 82 valence electrons. The molecular weight excluding hydrogens is 178 g/mol. The van der Waals surface area contributed by atoms with Crippen LogP contribution >= 0.6 is 0 Å². The van der Waals surface area contributed by atoms with Gasteiger partial charge in [-0.25, -0.2) is 4.79 Å². The Balaban J connectivity index is 3.95. The molecule has 0 fully saturated rings. The minimum atomic E-state index is -0.247. The summed E-state index contributed by atoms with van der Waals surface area (Å²) in [5, 5.41) is 0. The number of carbonyl (C=O) groups is 1. The number of esters is 1. The van der Waals surface area contributed by atoms with Crippen molar-refractivity contribution in [2.24, 2.45) is 5.92 Å². The smallest absolute Gasteiger partial charge is 0.333 e. The van der Waals surface area contributed by atoms with Crippen LogP contribution < -0.4 is 0 Å². The largest absolute Gasteiger partial charge is 0.466 e. The van der Waals surface area contributed by atoms with E-state index in [2.05, 4.69) is 23.5 Å². The molecule has 0 aromatic carbocycles. The van der Waals surface area contributed by atoms with Gasteiger partial charge < -0.3 is 9.64 Å². The van der Waals surface area contributed by atoms with E-state index in [1.54, 1.807) is 6.92 Å².